The van der Waals surface area contributed by atoms with Crippen molar-refractivity contribution in [2.45, 2.75) is 75.5 Å². The summed E-state index contributed by atoms with van der Waals surface area (Å²) in [5.74, 6) is 0.461. The highest BCUT2D eigenvalue weighted by atomic mass is 16.5. The van der Waals surface area contributed by atoms with E-state index < -0.39 is 0 Å². The Hall–Kier alpha value is -1.95. The molecule has 3 fully saturated rings. The van der Waals surface area contributed by atoms with Crippen LogP contribution in [0.5, 0.6) is 0 Å². The van der Waals surface area contributed by atoms with Crippen molar-refractivity contribution >= 4 is 11.6 Å². The van der Waals surface area contributed by atoms with Crippen LogP contribution in [0.1, 0.15) is 58.3 Å². The van der Waals surface area contributed by atoms with E-state index in [1.54, 1.807) is 14.1 Å². The quantitative estimate of drug-likeness (QED) is 0.501. The minimum Gasteiger partial charge on any atom is -0.633 e. The highest BCUT2D eigenvalue weighted by Gasteiger charge is 2.67. The SMILES string of the molecule is C[C@]12CC=C3C=C4CC[C@@H]([N+](C)(C)[O-])C[C@]45CCC3(O5)[C@@H]1CC[C@@H]2C(=O)Nc1ccccc1. The minimum absolute atomic E-state index is 0.0169. The molecule has 1 unspecified atom stereocenters. The van der Waals surface area contributed by atoms with Crippen molar-refractivity contribution in [3.05, 3.63) is 58.8 Å². The maximum atomic E-state index is 13.4. The summed E-state index contributed by atoms with van der Waals surface area (Å²) >= 11 is 0. The number of ether oxygens (including phenoxy) is 1. The largest absolute Gasteiger partial charge is 0.633 e. The van der Waals surface area contributed by atoms with Gasteiger partial charge < -0.3 is 19.9 Å². The summed E-state index contributed by atoms with van der Waals surface area (Å²) in [7, 11) is 3.55. The van der Waals surface area contributed by atoms with Crippen molar-refractivity contribution in [1.82, 2.24) is 0 Å². The average molecular weight is 449 g/mol. The summed E-state index contributed by atoms with van der Waals surface area (Å²) in [5, 5.41) is 16.0. The Morgan fingerprint density at radius 3 is 2.70 bits per heavy atom. The van der Waals surface area contributed by atoms with Gasteiger partial charge in [0, 0.05) is 24.4 Å². The van der Waals surface area contributed by atoms with Crippen molar-refractivity contribution in [3.8, 4) is 0 Å². The molecular weight excluding hydrogens is 412 g/mol. The predicted molar refractivity (Wildman–Crippen MR) is 129 cm³/mol. The molecule has 33 heavy (non-hydrogen) atoms. The van der Waals surface area contributed by atoms with Crippen LogP contribution in [-0.4, -0.2) is 41.9 Å². The molecule has 2 bridgehead atoms. The van der Waals surface area contributed by atoms with Gasteiger partial charge in [-0.15, -0.1) is 0 Å². The van der Waals surface area contributed by atoms with Crippen LogP contribution in [0.15, 0.2) is 53.6 Å². The third-order valence-electron chi connectivity index (χ3n) is 9.89. The van der Waals surface area contributed by atoms with E-state index in [0.717, 1.165) is 57.1 Å². The van der Waals surface area contributed by atoms with Crippen LogP contribution in [0.2, 0.25) is 0 Å². The van der Waals surface area contributed by atoms with Crippen molar-refractivity contribution in [3.63, 3.8) is 0 Å². The summed E-state index contributed by atoms with van der Waals surface area (Å²) in [6.45, 7) is 2.32. The molecule has 2 spiro atoms. The van der Waals surface area contributed by atoms with Gasteiger partial charge in [0.15, 0.2) is 0 Å². The van der Waals surface area contributed by atoms with Crippen LogP contribution in [0.3, 0.4) is 0 Å². The Bertz CT molecular complexity index is 1040. The lowest BCUT2D eigenvalue weighted by Crippen LogP contribution is -2.57. The van der Waals surface area contributed by atoms with E-state index in [4.69, 9.17) is 4.74 Å². The second-order valence-corrected chi connectivity index (χ2v) is 11.9. The highest BCUT2D eigenvalue weighted by molar-refractivity contribution is 5.93. The summed E-state index contributed by atoms with van der Waals surface area (Å²) < 4.78 is 6.97. The highest BCUT2D eigenvalue weighted by Crippen LogP contribution is 2.67. The first-order chi connectivity index (χ1) is 15.7. The fraction of sp³-hybridized carbons (Fsp3) is 0.607. The number of hydroxylamine groups is 3. The van der Waals surface area contributed by atoms with E-state index >= 15 is 0 Å². The van der Waals surface area contributed by atoms with Crippen LogP contribution in [0.4, 0.5) is 5.69 Å². The zero-order valence-electron chi connectivity index (χ0n) is 20.1. The summed E-state index contributed by atoms with van der Waals surface area (Å²) in [4.78, 5) is 13.4. The van der Waals surface area contributed by atoms with E-state index in [0.29, 0.717) is 5.92 Å². The number of nitrogens with one attached hydrogen (secondary N) is 1. The molecule has 176 valence electrons. The van der Waals surface area contributed by atoms with Gasteiger partial charge in [0.25, 0.3) is 0 Å². The molecule has 5 nitrogen and oxygen atoms in total. The number of quaternary nitrogens is 1. The molecular formula is C28H36N2O3. The number of amides is 1. The Labute approximate surface area is 197 Å². The van der Waals surface area contributed by atoms with Gasteiger partial charge in [0.2, 0.25) is 5.91 Å². The second-order valence-electron chi connectivity index (χ2n) is 11.9. The number of allylic oxidation sites excluding steroid dienone is 1. The summed E-state index contributed by atoms with van der Waals surface area (Å²) in [5.41, 5.74) is 2.95. The third kappa shape index (κ3) is 3.05. The molecule has 0 radical (unpaired) electrons. The molecule has 2 heterocycles. The zero-order chi connectivity index (χ0) is 23.1. The molecule has 1 amide bonds. The fourth-order valence-electron chi connectivity index (χ4n) is 8.09. The van der Waals surface area contributed by atoms with Gasteiger partial charge in [-0.05, 0) is 73.1 Å². The van der Waals surface area contributed by atoms with Crippen LogP contribution < -0.4 is 5.32 Å². The summed E-state index contributed by atoms with van der Waals surface area (Å²) in [6, 6.07) is 9.89. The van der Waals surface area contributed by atoms with Crippen LogP contribution in [0.25, 0.3) is 0 Å². The molecule has 2 aliphatic heterocycles. The molecule has 1 saturated heterocycles. The van der Waals surface area contributed by atoms with E-state index in [9.17, 15) is 10.0 Å². The Morgan fingerprint density at radius 1 is 1.15 bits per heavy atom. The number of anilines is 1. The second kappa shape index (κ2) is 7.03. The number of rotatable bonds is 3. The number of fused-ring (bicyclic) bond motifs is 1. The Morgan fingerprint density at radius 2 is 1.94 bits per heavy atom. The molecule has 1 aromatic carbocycles. The number of hydrogen-bond donors (Lipinski definition) is 1. The summed E-state index contributed by atoms with van der Waals surface area (Å²) in [6.07, 6.45) is 12.4. The molecule has 5 heteroatoms. The van der Waals surface area contributed by atoms with Gasteiger partial charge in [-0.2, -0.15) is 0 Å². The molecule has 1 aromatic rings. The molecule has 1 N–H and O–H groups in total. The van der Waals surface area contributed by atoms with Gasteiger partial charge in [-0.25, -0.2) is 0 Å². The Kier molecular flexibility index (Phi) is 4.60. The lowest BCUT2D eigenvalue weighted by atomic mass is 9.58. The minimum atomic E-state index is -0.291. The first kappa shape index (κ1) is 21.6. The number of benzene rings is 1. The van der Waals surface area contributed by atoms with E-state index in [1.165, 1.54) is 11.1 Å². The van der Waals surface area contributed by atoms with Crippen molar-refractivity contribution in [2.75, 3.05) is 19.4 Å². The van der Waals surface area contributed by atoms with Crippen molar-refractivity contribution < 1.29 is 14.2 Å². The lowest BCUT2D eigenvalue weighted by Gasteiger charge is -2.55. The zero-order valence-corrected chi connectivity index (χ0v) is 20.1. The molecule has 2 saturated carbocycles. The number of carbonyl (C=O) groups is 1. The fourth-order valence-corrected chi connectivity index (χ4v) is 8.09. The monoisotopic (exact) mass is 448 g/mol. The number of hydrogen-bond acceptors (Lipinski definition) is 3. The van der Waals surface area contributed by atoms with Crippen LogP contribution >= 0.6 is 0 Å². The van der Waals surface area contributed by atoms with Gasteiger partial charge >= 0.3 is 0 Å². The Balaban J connectivity index is 1.31. The van der Waals surface area contributed by atoms with E-state index in [-0.39, 0.29) is 39.1 Å². The topological polar surface area (TPSA) is 61.4 Å². The maximum absolute atomic E-state index is 13.4. The smallest absolute Gasteiger partial charge is 0.228 e. The van der Waals surface area contributed by atoms with Crippen LogP contribution in [0, 0.1) is 22.5 Å². The molecule has 0 aromatic heterocycles. The van der Waals surface area contributed by atoms with Crippen molar-refractivity contribution in [1.29, 1.82) is 0 Å². The predicted octanol–water partition coefficient (Wildman–Crippen LogP) is 5.34. The average Bonchev–Trinajstić information content (AvgIpc) is 3.29. The standard InChI is InChI=1S/C28H36N2O3/c1-26-14-13-20-17-19-9-10-22(30(2,3)32)18-27(19)15-16-28(20,33-27)24(26)12-11-23(26)25(31)29-21-7-5-4-6-8-21/h4-8,13,17,22-24H,9-12,14-16,18H2,1-3H3,(H,29,31)/t22-,23-,24-,26-,27-,28?/m1/s1. The molecule has 3 aliphatic carbocycles. The normalized spacial score (nSPS) is 41.4. The molecule has 5 aliphatic rings. The number of para-hydroxylation sites is 1. The van der Waals surface area contributed by atoms with Gasteiger partial charge in [0.05, 0.1) is 31.3 Å². The third-order valence-corrected chi connectivity index (χ3v) is 9.89. The van der Waals surface area contributed by atoms with Gasteiger partial charge in [-0.1, -0.05) is 37.3 Å². The first-order valence-corrected chi connectivity index (χ1v) is 12.7. The number of nitrogens with zero attached hydrogens (tertiary/aromatic N) is 1. The first-order valence-electron chi connectivity index (χ1n) is 12.7. The van der Waals surface area contributed by atoms with Crippen molar-refractivity contribution in [2.24, 2.45) is 17.3 Å². The molecule has 6 rings (SSSR count). The van der Waals surface area contributed by atoms with Gasteiger partial charge in [-0.3, -0.25) is 4.79 Å². The van der Waals surface area contributed by atoms with E-state index in [2.05, 4.69) is 24.4 Å². The number of carbonyl (C=O) groups excluding carboxylic acids is 1. The van der Waals surface area contributed by atoms with Crippen LogP contribution in [-0.2, 0) is 9.53 Å². The maximum Gasteiger partial charge on any atom is 0.228 e. The molecule has 6 atom stereocenters. The lowest BCUT2D eigenvalue weighted by molar-refractivity contribution is -0.869. The van der Waals surface area contributed by atoms with E-state index in [1.807, 2.05) is 30.3 Å². The van der Waals surface area contributed by atoms with Gasteiger partial charge in [0.1, 0.15) is 0 Å².